The number of likely N-dealkylation sites (tertiary alicyclic amines) is 1. The first-order chi connectivity index (χ1) is 9.38. The standard InChI is InChI=1S/C17H22N2/c1-2-10-19-11-6-5-9-17(19)15-12-14-7-3-4-8-16(14)18-13-15/h3-4,7-8,12-13,17H,2,5-6,9-11H2,1H3/t17-/m0/s1. The lowest BCUT2D eigenvalue weighted by atomic mass is 9.95. The lowest BCUT2D eigenvalue weighted by Crippen LogP contribution is -2.34. The van der Waals surface area contributed by atoms with Gasteiger partial charge in [-0.15, -0.1) is 0 Å². The fourth-order valence-electron chi connectivity index (χ4n) is 3.19. The smallest absolute Gasteiger partial charge is 0.0702 e. The van der Waals surface area contributed by atoms with Crippen molar-refractivity contribution >= 4 is 10.9 Å². The van der Waals surface area contributed by atoms with Crippen molar-refractivity contribution < 1.29 is 0 Å². The molecule has 1 aliphatic heterocycles. The topological polar surface area (TPSA) is 16.1 Å². The molecule has 2 heterocycles. The Morgan fingerprint density at radius 3 is 3.05 bits per heavy atom. The van der Waals surface area contributed by atoms with E-state index in [0.717, 1.165) is 5.52 Å². The number of rotatable bonds is 3. The molecule has 0 N–H and O–H groups in total. The van der Waals surface area contributed by atoms with Crippen molar-refractivity contribution in [2.75, 3.05) is 13.1 Å². The molecule has 100 valence electrons. The van der Waals surface area contributed by atoms with Crippen molar-refractivity contribution in [2.45, 2.75) is 38.6 Å². The minimum absolute atomic E-state index is 0.575. The average molecular weight is 254 g/mol. The maximum atomic E-state index is 4.62. The van der Waals surface area contributed by atoms with Crippen molar-refractivity contribution in [3.8, 4) is 0 Å². The van der Waals surface area contributed by atoms with Gasteiger partial charge in [0, 0.05) is 17.6 Å². The molecule has 1 aliphatic rings. The predicted molar refractivity (Wildman–Crippen MR) is 80.2 cm³/mol. The van der Waals surface area contributed by atoms with Gasteiger partial charge in [0.2, 0.25) is 0 Å². The zero-order valence-electron chi connectivity index (χ0n) is 11.7. The maximum Gasteiger partial charge on any atom is 0.0702 e. The van der Waals surface area contributed by atoms with Crippen LogP contribution in [0.5, 0.6) is 0 Å². The summed E-state index contributed by atoms with van der Waals surface area (Å²) in [4.78, 5) is 7.26. The summed E-state index contributed by atoms with van der Waals surface area (Å²) in [7, 11) is 0. The average Bonchev–Trinajstić information content (AvgIpc) is 2.48. The number of fused-ring (bicyclic) bond motifs is 1. The van der Waals surface area contributed by atoms with E-state index >= 15 is 0 Å². The maximum absolute atomic E-state index is 4.62. The van der Waals surface area contributed by atoms with E-state index in [1.54, 1.807) is 0 Å². The highest BCUT2D eigenvalue weighted by Gasteiger charge is 2.23. The molecule has 0 bridgehead atoms. The molecule has 19 heavy (non-hydrogen) atoms. The summed E-state index contributed by atoms with van der Waals surface area (Å²) in [6, 6.07) is 11.3. The highest BCUT2D eigenvalue weighted by Crippen LogP contribution is 2.31. The van der Waals surface area contributed by atoms with E-state index in [2.05, 4.69) is 53.3 Å². The van der Waals surface area contributed by atoms with Gasteiger partial charge in [0.25, 0.3) is 0 Å². The summed E-state index contributed by atoms with van der Waals surface area (Å²) in [5, 5.41) is 1.27. The molecule has 1 fully saturated rings. The molecule has 3 rings (SSSR count). The van der Waals surface area contributed by atoms with Gasteiger partial charge >= 0.3 is 0 Å². The van der Waals surface area contributed by atoms with Gasteiger partial charge in [-0.05, 0) is 50.0 Å². The summed E-state index contributed by atoms with van der Waals surface area (Å²) < 4.78 is 0. The lowest BCUT2D eigenvalue weighted by Gasteiger charge is -2.35. The normalized spacial score (nSPS) is 20.8. The largest absolute Gasteiger partial charge is 0.296 e. The van der Waals surface area contributed by atoms with Crippen molar-refractivity contribution in [1.29, 1.82) is 0 Å². The van der Waals surface area contributed by atoms with Crippen LogP contribution in [0.4, 0.5) is 0 Å². The van der Waals surface area contributed by atoms with Crippen LogP contribution < -0.4 is 0 Å². The minimum atomic E-state index is 0.575. The number of hydrogen-bond donors (Lipinski definition) is 0. The predicted octanol–water partition coefficient (Wildman–Crippen LogP) is 4.17. The first-order valence-electron chi connectivity index (χ1n) is 7.47. The Labute approximate surface area is 115 Å². The second-order valence-corrected chi connectivity index (χ2v) is 5.51. The first-order valence-corrected chi connectivity index (χ1v) is 7.47. The van der Waals surface area contributed by atoms with E-state index in [0.29, 0.717) is 6.04 Å². The number of nitrogens with zero attached hydrogens (tertiary/aromatic N) is 2. The Hall–Kier alpha value is -1.41. The molecular formula is C17H22N2. The van der Waals surface area contributed by atoms with Crippen LogP contribution in [0.1, 0.15) is 44.2 Å². The molecule has 0 aliphatic carbocycles. The van der Waals surface area contributed by atoms with E-state index < -0.39 is 0 Å². The Morgan fingerprint density at radius 1 is 1.26 bits per heavy atom. The van der Waals surface area contributed by atoms with Gasteiger partial charge in [0.15, 0.2) is 0 Å². The number of para-hydroxylation sites is 1. The molecule has 2 aromatic rings. The van der Waals surface area contributed by atoms with E-state index in [1.165, 1.54) is 49.7 Å². The van der Waals surface area contributed by atoms with Crippen LogP contribution in [-0.4, -0.2) is 23.0 Å². The Bertz CT molecular complexity index is 548. The Morgan fingerprint density at radius 2 is 2.16 bits per heavy atom. The van der Waals surface area contributed by atoms with E-state index in [4.69, 9.17) is 0 Å². The Kier molecular flexibility index (Phi) is 3.79. The fourth-order valence-corrected chi connectivity index (χ4v) is 3.19. The summed E-state index contributed by atoms with van der Waals surface area (Å²) in [5.74, 6) is 0. The quantitative estimate of drug-likeness (QED) is 0.817. The number of aromatic nitrogens is 1. The number of hydrogen-bond acceptors (Lipinski definition) is 2. The minimum Gasteiger partial charge on any atom is -0.296 e. The van der Waals surface area contributed by atoms with E-state index in [9.17, 15) is 0 Å². The van der Waals surface area contributed by atoms with Gasteiger partial charge in [-0.25, -0.2) is 0 Å². The molecule has 0 radical (unpaired) electrons. The van der Waals surface area contributed by atoms with Gasteiger partial charge in [-0.2, -0.15) is 0 Å². The van der Waals surface area contributed by atoms with Crippen LogP contribution in [0.2, 0.25) is 0 Å². The third-order valence-electron chi connectivity index (χ3n) is 4.12. The highest BCUT2D eigenvalue weighted by molar-refractivity contribution is 5.78. The summed E-state index contributed by atoms with van der Waals surface area (Å²) in [6.45, 7) is 4.72. The SMILES string of the molecule is CCCN1CCCC[C@H]1c1cnc2ccccc2c1. The van der Waals surface area contributed by atoms with Crippen LogP contribution >= 0.6 is 0 Å². The second kappa shape index (κ2) is 5.70. The van der Waals surface area contributed by atoms with Gasteiger partial charge in [0.1, 0.15) is 0 Å². The zero-order valence-corrected chi connectivity index (χ0v) is 11.7. The molecule has 1 aromatic heterocycles. The molecule has 1 aromatic carbocycles. The van der Waals surface area contributed by atoms with Crippen LogP contribution in [0.3, 0.4) is 0 Å². The first kappa shape index (κ1) is 12.6. The molecular weight excluding hydrogens is 232 g/mol. The van der Waals surface area contributed by atoms with Crippen molar-refractivity contribution in [3.63, 3.8) is 0 Å². The molecule has 0 saturated carbocycles. The molecule has 0 spiro atoms. The molecule has 1 saturated heterocycles. The second-order valence-electron chi connectivity index (χ2n) is 5.51. The van der Waals surface area contributed by atoms with Crippen LogP contribution in [0.25, 0.3) is 10.9 Å². The van der Waals surface area contributed by atoms with E-state index in [-0.39, 0.29) is 0 Å². The van der Waals surface area contributed by atoms with Crippen LogP contribution in [0.15, 0.2) is 36.5 Å². The van der Waals surface area contributed by atoms with Crippen LogP contribution in [0, 0.1) is 0 Å². The van der Waals surface area contributed by atoms with Gasteiger partial charge in [0.05, 0.1) is 5.52 Å². The zero-order chi connectivity index (χ0) is 13.1. The molecule has 2 nitrogen and oxygen atoms in total. The summed E-state index contributed by atoms with van der Waals surface area (Å²) in [6.07, 6.45) is 7.29. The molecule has 1 atom stereocenters. The Balaban J connectivity index is 1.92. The van der Waals surface area contributed by atoms with Crippen molar-refractivity contribution in [2.24, 2.45) is 0 Å². The van der Waals surface area contributed by atoms with E-state index in [1.807, 2.05) is 0 Å². The lowest BCUT2D eigenvalue weighted by molar-refractivity contribution is 0.149. The number of piperidine rings is 1. The van der Waals surface area contributed by atoms with Crippen molar-refractivity contribution in [3.05, 3.63) is 42.1 Å². The highest BCUT2D eigenvalue weighted by atomic mass is 15.2. The van der Waals surface area contributed by atoms with Crippen molar-refractivity contribution in [1.82, 2.24) is 9.88 Å². The molecule has 2 heteroatoms. The number of benzene rings is 1. The third-order valence-corrected chi connectivity index (χ3v) is 4.12. The molecule has 0 unspecified atom stereocenters. The van der Waals surface area contributed by atoms with Gasteiger partial charge in [-0.3, -0.25) is 9.88 Å². The summed E-state index contributed by atoms with van der Waals surface area (Å²) in [5.41, 5.74) is 2.50. The fraction of sp³-hybridized carbons (Fsp3) is 0.471. The summed E-state index contributed by atoms with van der Waals surface area (Å²) >= 11 is 0. The monoisotopic (exact) mass is 254 g/mol. The van der Waals surface area contributed by atoms with Gasteiger partial charge in [-0.1, -0.05) is 31.5 Å². The number of pyridine rings is 1. The van der Waals surface area contributed by atoms with Crippen LogP contribution in [-0.2, 0) is 0 Å². The van der Waals surface area contributed by atoms with Gasteiger partial charge < -0.3 is 0 Å². The molecule has 0 amide bonds. The third kappa shape index (κ3) is 2.64.